The predicted octanol–water partition coefficient (Wildman–Crippen LogP) is 1.81. The number of nitrogens with zero attached hydrogens (tertiary/aromatic N) is 1. The average Bonchev–Trinajstić information content (AvgIpc) is 2.54. The molecule has 1 aromatic rings. The average molecular weight is 294 g/mol. The fourth-order valence-electron chi connectivity index (χ4n) is 2.95. The van der Waals surface area contributed by atoms with E-state index in [9.17, 15) is 0 Å². The summed E-state index contributed by atoms with van der Waals surface area (Å²) in [5, 5.41) is 0. The molecule has 0 radical (unpaired) electrons. The molecule has 2 N–H and O–H groups in total. The molecule has 118 valence electrons. The Labute approximate surface area is 127 Å². The fraction of sp³-hybridized carbons (Fsp3) is 0.625. The second-order valence-electron chi connectivity index (χ2n) is 5.27. The molecule has 1 heterocycles. The highest BCUT2D eigenvalue weighted by Gasteiger charge is 2.32. The van der Waals surface area contributed by atoms with Gasteiger partial charge in [-0.05, 0) is 30.7 Å². The molecule has 0 aromatic heterocycles. The quantitative estimate of drug-likeness (QED) is 0.867. The molecule has 1 fully saturated rings. The van der Waals surface area contributed by atoms with Crippen LogP contribution in [0.4, 0.5) is 0 Å². The molecule has 1 aliphatic rings. The zero-order valence-electron chi connectivity index (χ0n) is 13.2. The number of rotatable bonds is 6. The van der Waals surface area contributed by atoms with Crippen molar-refractivity contribution in [1.82, 2.24) is 4.90 Å². The lowest BCUT2D eigenvalue weighted by Crippen LogP contribution is -2.48. The van der Waals surface area contributed by atoms with E-state index in [4.69, 9.17) is 19.9 Å². The van der Waals surface area contributed by atoms with Crippen LogP contribution in [-0.2, 0) is 4.74 Å². The predicted molar refractivity (Wildman–Crippen MR) is 82.9 cm³/mol. The van der Waals surface area contributed by atoms with Crippen LogP contribution in [0.1, 0.15) is 24.9 Å². The van der Waals surface area contributed by atoms with Crippen LogP contribution in [0.3, 0.4) is 0 Å². The van der Waals surface area contributed by atoms with Crippen LogP contribution in [0, 0.1) is 0 Å². The Balaban J connectivity index is 2.37. The van der Waals surface area contributed by atoms with Crippen LogP contribution in [-0.4, -0.2) is 51.5 Å². The monoisotopic (exact) mass is 294 g/mol. The third kappa shape index (κ3) is 3.67. The third-order valence-corrected chi connectivity index (χ3v) is 3.91. The van der Waals surface area contributed by atoms with Gasteiger partial charge in [-0.1, -0.05) is 6.92 Å². The van der Waals surface area contributed by atoms with Gasteiger partial charge < -0.3 is 19.9 Å². The Kier molecular flexibility index (Phi) is 5.85. The molecule has 0 bridgehead atoms. The van der Waals surface area contributed by atoms with Gasteiger partial charge in [-0.15, -0.1) is 0 Å². The van der Waals surface area contributed by atoms with Crippen LogP contribution in [0.2, 0.25) is 0 Å². The van der Waals surface area contributed by atoms with Crippen molar-refractivity contribution in [1.29, 1.82) is 0 Å². The van der Waals surface area contributed by atoms with Gasteiger partial charge in [0.15, 0.2) is 0 Å². The van der Waals surface area contributed by atoms with E-state index in [-0.39, 0.29) is 12.1 Å². The summed E-state index contributed by atoms with van der Waals surface area (Å²) in [4.78, 5) is 2.44. The molecule has 2 unspecified atom stereocenters. The number of methoxy groups -OCH3 is 2. The molecule has 2 atom stereocenters. The number of hydrogen-bond donors (Lipinski definition) is 1. The minimum Gasteiger partial charge on any atom is -0.497 e. The molecule has 2 rings (SSSR count). The topological polar surface area (TPSA) is 57.0 Å². The van der Waals surface area contributed by atoms with E-state index in [1.165, 1.54) is 0 Å². The highest BCUT2D eigenvalue weighted by molar-refractivity contribution is 5.40. The molecule has 0 spiro atoms. The second kappa shape index (κ2) is 7.64. The first-order valence-electron chi connectivity index (χ1n) is 7.52. The first kappa shape index (κ1) is 16.1. The van der Waals surface area contributed by atoms with Crippen LogP contribution < -0.4 is 15.2 Å². The minimum atomic E-state index is 0.00196. The van der Waals surface area contributed by atoms with Crippen LogP contribution in [0.5, 0.6) is 11.5 Å². The van der Waals surface area contributed by atoms with Crippen molar-refractivity contribution < 1.29 is 14.2 Å². The van der Waals surface area contributed by atoms with E-state index in [0.29, 0.717) is 6.54 Å². The fourth-order valence-corrected chi connectivity index (χ4v) is 2.95. The zero-order valence-corrected chi connectivity index (χ0v) is 13.2. The second-order valence-corrected chi connectivity index (χ2v) is 5.27. The summed E-state index contributed by atoms with van der Waals surface area (Å²) < 4.78 is 16.6. The molecular weight excluding hydrogens is 268 g/mol. The summed E-state index contributed by atoms with van der Waals surface area (Å²) in [5.74, 6) is 1.59. The molecule has 1 saturated heterocycles. The van der Waals surface area contributed by atoms with Gasteiger partial charge in [-0.25, -0.2) is 0 Å². The molecule has 21 heavy (non-hydrogen) atoms. The van der Waals surface area contributed by atoms with Crippen molar-refractivity contribution in [2.24, 2.45) is 5.73 Å². The highest BCUT2D eigenvalue weighted by Crippen LogP contribution is 2.34. The number of benzene rings is 1. The van der Waals surface area contributed by atoms with E-state index in [0.717, 1.165) is 43.2 Å². The summed E-state index contributed by atoms with van der Waals surface area (Å²) in [6, 6.07) is 6.13. The molecule has 5 nitrogen and oxygen atoms in total. The third-order valence-electron chi connectivity index (χ3n) is 3.91. The molecular formula is C16H26N2O3. The molecule has 1 aromatic carbocycles. The van der Waals surface area contributed by atoms with Gasteiger partial charge in [0.2, 0.25) is 0 Å². The molecule has 1 aliphatic heterocycles. The minimum absolute atomic E-state index is 0.00196. The smallest absolute Gasteiger partial charge is 0.122 e. The lowest BCUT2D eigenvalue weighted by molar-refractivity contribution is -0.0677. The van der Waals surface area contributed by atoms with Gasteiger partial charge in [0.05, 0.1) is 33.0 Å². The summed E-state index contributed by atoms with van der Waals surface area (Å²) in [6.45, 7) is 5.39. The van der Waals surface area contributed by atoms with Crippen molar-refractivity contribution in [3.8, 4) is 11.5 Å². The lowest BCUT2D eigenvalue weighted by atomic mass is 9.97. The summed E-state index contributed by atoms with van der Waals surface area (Å²) >= 11 is 0. The van der Waals surface area contributed by atoms with E-state index < -0.39 is 0 Å². The van der Waals surface area contributed by atoms with Crippen molar-refractivity contribution >= 4 is 0 Å². The molecule has 0 saturated carbocycles. The first-order valence-corrected chi connectivity index (χ1v) is 7.52. The summed E-state index contributed by atoms with van der Waals surface area (Å²) in [7, 11) is 3.33. The van der Waals surface area contributed by atoms with Crippen molar-refractivity contribution in [2.75, 3.05) is 40.5 Å². The summed E-state index contributed by atoms with van der Waals surface area (Å²) in [5.41, 5.74) is 7.05. The first-order chi connectivity index (χ1) is 10.2. The normalized spacial score (nSPS) is 23.0. The number of ether oxygens (including phenoxy) is 3. The Hall–Kier alpha value is -1.30. The van der Waals surface area contributed by atoms with Crippen molar-refractivity contribution in [3.05, 3.63) is 23.8 Å². The maximum Gasteiger partial charge on any atom is 0.122 e. The maximum absolute atomic E-state index is 5.92. The van der Waals surface area contributed by atoms with Crippen molar-refractivity contribution in [3.63, 3.8) is 0 Å². The maximum atomic E-state index is 5.92. The Bertz CT molecular complexity index is 429. The Morgan fingerprint density at radius 1 is 1.24 bits per heavy atom. The van der Waals surface area contributed by atoms with Gasteiger partial charge >= 0.3 is 0 Å². The Morgan fingerprint density at radius 2 is 1.90 bits per heavy atom. The molecule has 5 heteroatoms. The van der Waals surface area contributed by atoms with E-state index in [1.54, 1.807) is 14.2 Å². The summed E-state index contributed by atoms with van der Waals surface area (Å²) in [6.07, 6.45) is 1.11. The number of nitrogens with two attached hydrogens (primary N) is 1. The van der Waals surface area contributed by atoms with Crippen molar-refractivity contribution in [2.45, 2.75) is 25.5 Å². The Morgan fingerprint density at radius 3 is 2.43 bits per heavy atom. The van der Waals surface area contributed by atoms with Gasteiger partial charge in [0, 0.05) is 19.2 Å². The molecule has 0 aliphatic carbocycles. The van der Waals surface area contributed by atoms with Gasteiger partial charge in [-0.2, -0.15) is 0 Å². The van der Waals surface area contributed by atoms with Crippen LogP contribution in [0.25, 0.3) is 0 Å². The highest BCUT2D eigenvalue weighted by atomic mass is 16.5. The lowest BCUT2D eigenvalue weighted by Gasteiger charge is -2.41. The number of hydrogen-bond acceptors (Lipinski definition) is 5. The van der Waals surface area contributed by atoms with Crippen LogP contribution >= 0.6 is 0 Å². The molecule has 0 amide bonds. The zero-order chi connectivity index (χ0) is 15.2. The SMILES string of the molecule is CCCN1CCOC(CN)C1c1cc(OC)cc(OC)c1. The van der Waals surface area contributed by atoms with Crippen LogP contribution in [0.15, 0.2) is 18.2 Å². The standard InChI is InChI=1S/C16H26N2O3/c1-4-5-18-6-7-21-15(11-17)16(18)12-8-13(19-2)10-14(9-12)20-3/h8-10,15-16H,4-7,11,17H2,1-3H3. The van der Waals surface area contributed by atoms with E-state index in [1.807, 2.05) is 18.2 Å². The van der Waals surface area contributed by atoms with Gasteiger partial charge in [0.25, 0.3) is 0 Å². The van der Waals surface area contributed by atoms with Gasteiger partial charge in [-0.3, -0.25) is 4.90 Å². The largest absolute Gasteiger partial charge is 0.497 e. The van der Waals surface area contributed by atoms with E-state index >= 15 is 0 Å². The van der Waals surface area contributed by atoms with Gasteiger partial charge in [0.1, 0.15) is 11.5 Å². The number of morpholine rings is 1. The van der Waals surface area contributed by atoms with E-state index in [2.05, 4.69) is 11.8 Å².